The van der Waals surface area contributed by atoms with Crippen molar-refractivity contribution in [2.24, 2.45) is 4.99 Å². The van der Waals surface area contributed by atoms with Crippen LogP contribution in [-0.2, 0) is 4.74 Å². The molecule has 2 atom stereocenters. The maximum absolute atomic E-state index is 13.3. The van der Waals surface area contributed by atoms with Crippen LogP contribution < -0.4 is 15.4 Å². The summed E-state index contributed by atoms with van der Waals surface area (Å²) in [4.78, 5) is 21.2. The number of hydrogen-bond donors (Lipinski definition) is 2. The molecular formula is C20H27FN4O3S. The molecule has 158 valence electrons. The number of thiazole rings is 1. The summed E-state index contributed by atoms with van der Waals surface area (Å²) < 4.78 is 24.0. The molecule has 0 aliphatic rings. The molecule has 7 nitrogen and oxygen atoms in total. The van der Waals surface area contributed by atoms with Crippen molar-refractivity contribution in [3.05, 3.63) is 45.7 Å². The number of aromatic nitrogens is 1. The average molecular weight is 423 g/mol. The largest absolute Gasteiger partial charge is 0.489 e. The van der Waals surface area contributed by atoms with Gasteiger partial charge in [0.05, 0.1) is 24.9 Å². The smallest absolute Gasteiger partial charge is 0.350 e. The first-order valence-corrected chi connectivity index (χ1v) is 10.2. The summed E-state index contributed by atoms with van der Waals surface area (Å²) in [5.41, 5.74) is 0.650. The molecule has 29 heavy (non-hydrogen) atoms. The highest BCUT2D eigenvalue weighted by Crippen LogP contribution is 2.24. The van der Waals surface area contributed by atoms with Gasteiger partial charge in [-0.3, -0.25) is 4.99 Å². The lowest BCUT2D eigenvalue weighted by Gasteiger charge is -2.19. The van der Waals surface area contributed by atoms with Crippen molar-refractivity contribution in [2.75, 3.05) is 20.2 Å². The SMILES string of the molecule is CCOC(=O)c1sc(C(C)NC(=NC)NCC(C)Oc2cccc(F)c2)nc1C. The van der Waals surface area contributed by atoms with Gasteiger partial charge in [0.1, 0.15) is 27.6 Å². The normalized spacial score (nSPS) is 13.5. The quantitative estimate of drug-likeness (QED) is 0.385. The van der Waals surface area contributed by atoms with E-state index in [-0.39, 0.29) is 23.9 Å². The van der Waals surface area contributed by atoms with Gasteiger partial charge in [-0.05, 0) is 39.8 Å². The number of nitrogens with one attached hydrogen (secondary N) is 2. The van der Waals surface area contributed by atoms with Gasteiger partial charge in [0.15, 0.2) is 5.96 Å². The Kier molecular flexibility index (Phi) is 8.38. The number of carbonyl (C=O) groups is 1. The number of nitrogens with zero attached hydrogens (tertiary/aromatic N) is 2. The summed E-state index contributed by atoms with van der Waals surface area (Å²) in [6.07, 6.45) is -0.205. The van der Waals surface area contributed by atoms with Crippen molar-refractivity contribution < 1.29 is 18.7 Å². The molecule has 2 rings (SSSR count). The molecule has 0 radical (unpaired) electrons. The van der Waals surface area contributed by atoms with E-state index in [9.17, 15) is 9.18 Å². The first-order chi connectivity index (χ1) is 13.8. The second kappa shape index (κ2) is 10.8. The average Bonchev–Trinajstić information content (AvgIpc) is 3.07. The third-order valence-corrected chi connectivity index (χ3v) is 5.23. The van der Waals surface area contributed by atoms with Crippen LogP contribution >= 0.6 is 11.3 Å². The van der Waals surface area contributed by atoms with E-state index in [0.29, 0.717) is 35.4 Å². The maximum atomic E-state index is 13.3. The van der Waals surface area contributed by atoms with Crippen molar-refractivity contribution in [1.29, 1.82) is 0 Å². The standard InChI is InChI=1S/C20H27FN4O3S/c1-6-27-19(26)17-13(3)24-18(29-17)14(4)25-20(22-5)23-11-12(2)28-16-9-7-8-15(21)10-16/h7-10,12,14H,6,11H2,1-5H3,(H2,22,23,25). The third kappa shape index (κ3) is 6.70. The number of ether oxygens (including phenoxy) is 2. The number of esters is 1. The molecule has 0 saturated carbocycles. The predicted molar refractivity (Wildman–Crippen MR) is 112 cm³/mol. The molecule has 2 aromatic rings. The molecule has 0 amide bonds. The van der Waals surface area contributed by atoms with Gasteiger partial charge < -0.3 is 20.1 Å². The number of halogens is 1. The van der Waals surface area contributed by atoms with Crippen LogP contribution in [0.4, 0.5) is 4.39 Å². The fourth-order valence-corrected chi connectivity index (χ4v) is 3.47. The maximum Gasteiger partial charge on any atom is 0.350 e. The van der Waals surface area contributed by atoms with E-state index < -0.39 is 0 Å². The highest BCUT2D eigenvalue weighted by atomic mass is 32.1. The zero-order valence-electron chi connectivity index (χ0n) is 17.3. The van der Waals surface area contributed by atoms with Gasteiger partial charge in [-0.25, -0.2) is 14.2 Å². The molecule has 0 bridgehead atoms. The second-order valence-electron chi connectivity index (χ2n) is 6.39. The number of rotatable bonds is 8. The lowest BCUT2D eigenvalue weighted by Crippen LogP contribution is -2.42. The Morgan fingerprint density at radius 2 is 2.14 bits per heavy atom. The van der Waals surface area contributed by atoms with Crippen molar-refractivity contribution in [2.45, 2.75) is 39.8 Å². The topological polar surface area (TPSA) is 84.8 Å². The van der Waals surface area contributed by atoms with Gasteiger partial charge in [-0.15, -0.1) is 11.3 Å². The van der Waals surface area contributed by atoms with Gasteiger partial charge in [0, 0.05) is 13.1 Å². The minimum atomic E-state index is -0.355. The van der Waals surface area contributed by atoms with Gasteiger partial charge in [-0.1, -0.05) is 6.07 Å². The molecule has 2 unspecified atom stereocenters. The molecule has 1 aromatic carbocycles. The Balaban J connectivity index is 1.90. The van der Waals surface area contributed by atoms with Gasteiger partial charge in [0.25, 0.3) is 0 Å². The number of aryl methyl sites for hydroxylation is 1. The molecule has 0 fully saturated rings. The predicted octanol–water partition coefficient (Wildman–Crippen LogP) is 3.46. The molecule has 1 aromatic heterocycles. The van der Waals surface area contributed by atoms with Crippen LogP contribution in [0.2, 0.25) is 0 Å². The molecular weight excluding hydrogens is 395 g/mol. The summed E-state index contributed by atoms with van der Waals surface area (Å²) in [5, 5.41) is 7.18. The minimum Gasteiger partial charge on any atom is -0.489 e. The van der Waals surface area contributed by atoms with E-state index in [0.717, 1.165) is 5.01 Å². The summed E-state index contributed by atoms with van der Waals surface area (Å²) >= 11 is 1.30. The molecule has 2 N–H and O–H groups in total. The molecule has 0 aliphatic heterocycles. The fourth-order valence-electron chi connectivity index (χ4n) is 2.50. The molecule has 9 heteroatoms. The van der Waals surface area contributed by atoms with Crippen molar-refractivity contribution in [3.63, 3.8) is 0 Å². The Morgan fingerprint density at radius 3 is 2.79 bits per heavy atom. The zero-order valence-corrected chi connectivity index (χ0v) is 18.1. The monoisotopic (exact) mass is 422 g/mol. The number of aliphatic imine (C=N–C) groups is 1. The van der Waals surface area contributed by atoms with E-state index in [1.807, 2.05) is 13.8 Å². The van der Waals surface area contributed by atoms with E-state index in [4.69, 9.17) is 9.47 Å². The first-order valence-electron chi connectivity index (χ1n) is 9.37. The van der Waals surface area contributed by atoms with Gasteiger partial charge >= 0.3 is 5.97 Å². The summed E-state index contributed by atoms with van der Waals surface area (Å²) in [6.45, 7) is 8.17. The molecule has 1 heterocycles. The van der Waals surface area contributed by atoms with Crippen LogP contribution in [0, 0.1) is 12.7 Å². The highest BCUT2D eigenvalue weighted by Gasteiger charge is 2.20. The first kappa shape index (κ1) is 22.6. The Morgan fingerprint density at radius 1 is 1.38 bits per heavy atom. The number of guanidine groups is 1. The highest BCUT2D eigenvalue weighted by molar-refractivity contribution is 7.13. The van der Waals surface area contributed by atoms with E-state index in [1.165, 1.54) is 23.5 Å². The van der Waals surface area contributed by atoms with Crippen LogP contribution in [0.5, 0.6) is 5.75 Å². The van der Waals surface area contributed by atoms with E-state index in [1.54, 1.807) is 33.0 Å². The zero-order chi connectivity index (χ0) is 21.4. The van der Waals surface area contributed by atoms with Gasteiger partial charge in [-0.2, -0.15) is 0 Å². The van der Waals surface area contributed by atoms with Crippen molar-refractivity contribution in [1.82, 2.24) is 15.6 Å². The Hall–Kier alpha value is -2.68. The van der Waals surface area contributed by atoms with Crippen LogP contribution in [0.3, 0.4) is 0 Å². The Labute approximate surface area is 174 Å². The number of benzene rings is 1. The summed E-state index contributed by atoms with van der Waals surface area (Å²) in [5.74, 6) is 0.347. The van der Waals surface area contributed by atoms with Crippen LogP contribution in [-0.4, -0.2) is 43.2 Å². The van der Waals surface area contributed by atoms with Crippen LogP contribution in [0.25, 0.3) is 0 Å². The third-order valence-electron chi connectivity index (χ3n) is 3.91. The minimum absolute atomic E-state index is 0.160. The summed E-state index contributed by atoms with van der Waals surface area (Å²) in [6, 6.07) is 5.87. The van der Waals surface area contributed by atoms with Gasteiger partial charge in [0.2, 0.25) is 0 Å². The summed E-state index contributed by atoms with van der Waals surface area (Å²) in [7, 11) is 1.66. The lowest BCUT2D eigenvalue weighted by molar-refractivity contribution is 0.0531. The second-order valence-corrected chi connectivity index (χ2v) is 7.42. The van der Waals surface area contributed by atoms with E-state index in [2.05, 4.69) is 20.6 Å². The lowest BCUT2D eigenvalue weighted by atomic mass is 10.3. The van der Waals surface area contributed by atoms with Crippen molar-refractivity contribution >= 4 is 23.3 Å². The molecule has 0 saturated heterocycles. The number of carbonyl (C=O) groups excluding carboxylic acids is 1. The Bertz CT molecular complexity index is 856. The molecule has 0 aliphatic carbocycles. The van der Waals surface area contributed by atoms with Crippen molar-refractivity contribution in [3.8, 4) is 5.75 Å². The van der Waals surface area contributed by atoms with Crippen LogP contribution in [0.15, 0.2) is 29.3 Å². The number of hydrogen-bond acceptors (Lipinski definition) is 6. The molecule has 0 spiro atoms. The van der Waals surface area contributed by atoms with E-state index >= 15 is 0 Å². The van der Waals surface area contributed by atoms with Crippen LogP contribution in [0.1, 0.15) is 47.2 Å². The fraction of sp³-hybridized carbons (Fsp3) is 0.450.